The number of benzene rings is 3. The Morgan fingerprint density at radius 3 is 1.40 bits per heavy atom. The zero-order chi connectivity index (χ0) is 21.7. The molecule has 30 heavy (non-hydrogen) atoms. The normalized spacial score (nSPS) is 11.8. The lowest BCUT2D eigenvalue weighted by Crippen LogP contribution is -2.13. The van der Waals surface area contributed by atoms with Crippen LogP contribution in [0.4, 0.5) is 11.4 Å². The zero-order valence-electron chi connectivity index (χ0n) is 18.3. The van der Waals surface area contributed by atoms with Crippen LogP contribution in [0.1, 0.15) is 33.4 Å². The summed E-state index contributed by atoms with van der Waals surface area (Å²) in [7, 11) is 8.25. The average molecular weight is 416 g/mol. The SMILES string of the molecule is CSC(c1ccc(C#N)cc1)C(c1ccc(N(C)C)cc1)c1ccc(N(C)C)cc1. The fourth-order valence-corrected chi connectivity index (χ4v) is 4.73. The lowest BCUT2D eigenvalue weighted by Gasteiger charge is -2.28. The lowest BCUT2D eigenvalue weighted by atomic mass is 9.85. The van der Waals surface area contributed by atoms with Gasteiger partial charge in [0.15, 0.2) is 0 Å². The van der Waals surface area contributed by atoms with Gasteiger partial charge in [0.25, 0.3) is 0 Å². The van der Waals surface area contributed by atoms with Crippen molar-refractivity contribution in [2.45, 2.75) is 11.2 Å². The van der Waals surface area contributed by atoms with Crippen LogP contribution >= 0.6 is 11.8 Å². The Morgan fingerprint density at radius 2 is 1.07 bits per heavy atom. The van der Waals surface area contributed by atoms with E-state index in [9.17, 15) is 0 Å². The number of nitrogens with zero attached hydrogens (tertiary/aromatic N) is 3. The summed E-state index contributed by atoms with van der Waals surface area (Å²) in [5, 5.41) is 9.41. The molecule has 154 valence electrons. The van der Waals surface area contributed by atoms with E-state index in [2.05, 4.69) is 111 Å². The Hall–Kier alpha value is -2.90. The topological polar surface area (TPSA) is 30.3 Å². The maximum Gasteiger partial charge on any atom is 0.0991 e. The summed E-state index contributed by atoms with van der Waals surface area (Å²) in [4.78, 5) is 4.24. The van der Waals surface area contributed by atoms with E-state index in [1.54, 1.807) is 0 Å². The van der Waals surface area contributed by atoms with Gasteiger partial charge in [-0.15, -0.1) is 0 Å². The van der Waals surface area contributed by atoms with Crippen molar-refractivity contribution in [1.29, 1.82) is 5.26 Å². The first kappa shape index (κ1) is 21.8. The maximum absolute atomic E-state index is 9.17. The van der Waals surface area contributed by atoms with Gasteiger partial charge in [0.1, 0.15) is 0 Å². The molecular weight excluding hydrogens is 386 g/mol. The molecule has 0 aliphatic heterocycles. The first-order valence-electron chi connectivity index (χ1n) is 10.0. The zero-order valence-corrected chi connectivity index (χ0v) is 19.1. The highest BCUT2D eigenvalue weighted by atomic mass is 32.2. The summed E-state index contributed by atoms with van der Waals surface area (Å²) < 4.78 is 0. The molecule has 0 spiro atoms. The van der Waals surface area contributed by atoms with Crippen molar-refractivity contribution >= 4 is 23.1 Å². The molecule has 0 bridgehead atoms. The fraction of sp³-hybridized carbons (Fsp3) is 0.269. The van der Waals surface area contributed by atoms with Crippen molar-refractivity contribution in [3.05, 3.63) is 95.1 Å². The molecule has 1 unspecified atom stereocenters. The molecular formula is C26H29N3S. The molecule has 0 amide bonds. The number of rotatable bonds is 7. The predicted molar refractivity (Wildman–Crippen MR) is 131 cm³/mol. The molecule has 0 N–H and O–H groups in total. The third kappa shape index (κ3) is 4.80. The summed E-state index contributed by atoms with van der Waals surface area (Å²) in [6, 6.07) is 28.0. The van der Waals surface area contributed by atoms with E-state index < -0.39 is 0 Å². The largest absolute Gasteiger partial charge is 0.378 e. The molecule has 0 aliphatic carbocycles. The molecule has 4 heteroatoms. The van der Waals surface area contributed by atoms with Crippen molar-refractivity contribution in [2.24, 2.45) is 0 Å². The summed E-state index contributed by atoms with van der Waals surface area (Å²) in [6.07, 6.45) is 2.16. The van der Waals surface area contributed by atoms with Crippen molar-refractivity contribution in [1.82, 2.24) is 0 Å². The van der Waals surface area contributed by atoms with Gasteiger partial charge in [0.2, 0.25) is 0 Å². The highest BCUT2D eigenvalue weighted by molar-refractivity contribution is 7.98. The molecule has 0 aliphatic rings. The van der Waals surface area contributed by atoms with Crippen molar-refractivity contribution in [3.8, 4) is 6.07 Å². The van der Waals surface area contributed by atoms with Crippen LogP contribution in [0.3, 0.4) is 0 Å². The van der Waals surface area contributed by atoms with Crippen LogP contribution in [0, 0.1) is 11.3 Å². The highest BCUT2D eigenvalue weighted by Crippen LogP contribution is 2.45. The van der Waals surface area contributed by atoms with E-state index >= 15 is 0 Å². The van der Waals surface area contributed by atoms with E-state index in [-0.39, 0.29) is 11.2 Å². The number of hydrogen-bond acceptors (Lipinski definition) is 4. The second-order valence-electron chi connectivity index (χ2n) is 7.84. The molecule has 0 aromatic heterocycles. The van der Waals surface area contributed by atoms with Crippen LogP contribution in [0.5, 0.6) is 0 Å². The van der Waals surface area contributed by atoms with Gasteiger partial charge in [-0.2, -0.15) is 17.0 Å². The van der Waals surface area contributed by atoms with Gasteiger partial charge in [-0.3, -0.25) is 0 Å². The summed E-state index contributed by atoms with van der Waals surface area (Å²) >= 11 is 1.85. The quantitative estimate of drug-likeness (QED) is 0.479. The number of anilines is 2. The minimum atomic E-state index is 0.209. The number of nitriles is 1. The highest BCUT2D eigenvalue weighted by Gasteiger charge is 2.26. The molecule has 1 atom stereocenters. The molecule has 0 saturated carbocycles. The van der Waals surface area contributed by atoms with Crippen molar-refractivity contribution in [3.63, 3.8) is 0 Å². The van der Waals surface area contributed by atoms with Crippen molar-refractivity contribution in [2.75, 3.05) is 44.2 Å². The summed E-state index contributed by atoms with van der Waals surface area (Å²) in [6.45, 7) is 0. The van der Waals surface area contributed by atoms with Crippen LogP contribution in [-0.4, -0.2) is 34.4 Å². The Kier molecular flexibility index (Phi) is 7.07. The second-order valence-corrected chi connectivity index (χ2v) is 8.82. The summed E-state index contributed by atoms with van der Waals surface area (Å²) in [5.74, 6) is 0.209. The minimum absolute atomic E-state index is 0.209. The lowest BCUT2D eigenvalue weighted by molar-refractivity contribution is 0.786. The molecule has 0 fully saturated rings. The van der Waals surface area contributed by atoms with Gasteiger partial charge < -0.3 is 9.80 Å². The van der Waals surface area contributed by atoms with Gasteiger partial charge in [-0.25, -0.2) is 0 Å². The molecule has 3 aromatic carbocycles. The fourth-order valence-electron chi connectivity index (χ4n) is 3.71. The predicted octanol–water partition coefficient (Wildman–Crippen LogP) is 5.93. The Labute approximate surface area is 185 Å². The number of thioether (sulfide) groups is 1. The first-order valence-corrected chi connectivity index (χ1v) is 11.3. The third-order valence-electron chi connectivity index (χ3n) is 5.46. The summed E-state index contributed by atoms with van der Waals surface area (Å²) in [5.41, 5.74) is 6.91. The Balaban J connectivity index is 2.08. The molecule has 0 heterocycles. The molecule has 3 nitrogen and oxygen atoms in total. The van der Waals surface area contributed by atoms with Crippen LogP contribution in [0.25, 0.3) is 0 Å². The third-order valence-corrected chi connectivity index (χ3v) is 6.51. The minimum Gasteiger partial charge on any atom is -0.378 e. The van der Waals surface area contributed by atoms with Gasteiger partial charge >= 0.3 is 0 Å². The van der Waals surface area contributed by atoms with E-state index in [0.717, 1.165) is 0 Å². The van der Waals surface area contributed by atoms with Crippen LogP contribution in [-0.2, 0) is 0 Å². The van der Waals surface area contributed by atoms with Crippen LogP contribution in [0.2, 0.25) is 0 Å². The molecule has 3 aromatic rings. The van der Waals surface area contributed by atoms with E-state index in [0.29, 0.717) is 5.56 Å². The van der Waals surface area contributed by atoms with E-state index in [1.807, 2.05) is 23.9 Å². The molecule has 0 radical (unpaired) electrons. The Bertz CT molecular complexity index is 933. The van der Waals surface area contributed by atoms with Gasteiger partial charge in [0.05, 0.1) is 11.6 Å². The van der Waals surface area contributed by atoms with Crippen LogP contribution < -0.4 is 9.80 Å². The average Bonchev–Trinajstić information content (AvgIpc) is 2.77. The maximum atomic E-state index is 9.17. The molecule has 3 rings (SSSR count). The van der Waals surface area contributed by atoms with Crippen molar-refractivity contribution < 1.29 is 0 Å². The Morgan fingerprint density at radius 1 is 0.667 bits per heavy atom. The van der Waals surface area contributed by atoms with E-state index in [1.165, 1.54) is 28.1 Å². The van der Waals surface area contributed by atoms with Crippen LogP contribution in [0.15, 0.2) is 72.8 Å². The monoisotopic (exact) mass is 415 g/mol. The standard InChI is InChI=1S/C26H29N3S/c1-28(2)23-14-10-20(11-15-23)25(21-12-16-24(17-13-21)29(3)4)26(30-5)22-8-6-19(18-27)7-9-22/h6-17,25-26H,1-5H3. The van der Waals surface area contributed by atoms with Gasteiger partial charge in [0, 0.05) is 50.7 Å². The smallest absolute Gasteiger partial charge is 0.0991 e. The van der Waals surface area contributed by atoms with E-state index in [4.69, 9.17) is 5.26 Å². The first-order chi connectivity index (χ1) is 14.4. The van der Waals surface area contributed by atoms with Gasteiger partial charge in [-0.05, 0) is 59.3 Å². The number of hydrogen-bond donors (Lipinski definition) is 0. The molecule has 0 saturated heterocycles. The second kappa shape index (κ2) is 9.73. The van der Waals surface area contributed by atoms with Gasteiger partial charge in [-0.1, -0.05) is 36.4 Å².